The number of amides is 2. The molecule has 0 radical (unpaired) electrons. The molecule has 10 atom stereocenters. The van der Waals surface area contributed by atoms with Crippen molar-refractivity contribution in [2.75, 3.05) is 26.2 Å². The van der Waals surface area contributed by atoms with E-state index < -0.39 is 11.4 Å². The van der Waals surface area contributed by atoms with Gasteiger partial charge in [-0.25, -0.2) is 0 Å². The number of carboxylic acids is 1. The van der Waals surface area contributed by atoms with E-state index in [4.69, 9.17) is 4.74 Å². The number of carboxylic acid groups (broad SMARTS) is 1. The van der Waals surface area contributed by atoms with Crippen molar-refractivity contribution in [1.29, 1.82) is 0 Å². The number of nitrogens with zero attached hydrogens (tertiary/aromatic N) is 2. The molecule has 8 heteroatoms. The first kappa shape index (κ1) is 39.3. The minimum atomic E-state index is -0.888. The van der Waals surface area contributed by atoms with Crippen LogP contribution in [0, 0.1) is 62.1 Å². The van der Waals surface area contributed by atoms with Crippen molar-refractivity contribution in [3.63, 3.8) is 0 Å². The van der Waals surface area contributed by atoms with Crippen LogP contribution in [0.25, 0.3) is 0 Å². The molecule has 6 aliphatic rings. The van der Waals surface area contributed by atoms with E-state index in [9.17, 15) is 24.3 Å². The Bertz CT molecular complexity index is 1460. The highest BCUT2D eigenvalue weighted by Gasteiger charge is 2.71. The molecule has 5 aliphatic carbocycles. The molecule has 1 N–H and O–H groups in total. The second-order valence-corrected chi connectivity index (χ2v) is 20.9. The standard InChI is InChI=1S/C44H70N2O6/c1-28(2)30-13-18-44(25-35(48)46-23-21-45(22-24-46)29(3)47)20-19-42(9)31(38(30)44)11-12-33-41(8)16-15-34(40(6,7)32(41)14-17-43(33,42)10)52-37(51)27-39(4,5)26-36(49)50/h30-34,38H,1,11-27H2,2-10H3,(H,49,50)/t30-,31+,32-,33+,34-,38+,41-,42+,43+,44+/m0/s1. The van der Waals surface area contributed by atoms with Gasteiger partial charge in [-0.2, -0.15) is 0 Å². The number of rotatable bonds is 8. The predicted octanol–water partition coefficient (Wildman–Crippen LogP) is 8.53. The summed E-state index contributed by atoms with van der Waals surface area (Å²) >= 11 is 0. The van der Waals surface area contributed by atoms with E-state index in [-0.39, 0.29) is 63.8 Å². The fourth-order valence-electron chi connectivity index (χ4n) is 14.5. The number of aliphatic carboxylic acids is 1. The molecule has 6 fully saturated rings. The van der Waals surface area contributed by atoms with Gasteiger partial charge >= 0.3 is 11.9 Å². The summed E-state index contributed by atoms with van der Waals surface area (Å²) in [5, 5.41) is 9.35. The van der Waals surface area contributed by atoms with Gasteiger partial charge in [-0.3, -0.25) is 19.2 Å². The summed E-state index contributed by atoms with van der Waals surface area (Å²) in [6.07, 6.45) is 11.7. The molecule has 0 aromatic carbocycles. The zero-order valence-corrected chi connectivity index (χ0v) is 34.1. The Kier molecular flexibility index (Phi) is 10.2. The Labute approximate surface area is 314 Å². The fourth-order valence-corrected chi connectivity index (χ4v) is 14.5. The number of carbonyl (C=O) groups is 4. The van der Waals surface area contributed by atoms with Gasteiger partial charge in [-0.1, -0.05) is 60.6 Å². The van der Waals surface area contributed by atoms with Gasteiger partial charge in [0.1, 0.15) is 6.10 Å². The molecule has 0 bridgehead atoms. The maximum absolute atomic E-state index is 14.1. The lowest BCUT2D eigenvalue weighted by Gasteiger charge is -2.73. The van der Waals surface area contributed by atoms with Gasteiger partial charge in [0.2, 0.25) is 11.8 Å². The molecule has 0 spiro atoms. The molecular weight excluding hydrogens is 652 g/mol. The minimum absolute atomic E-state index is 0.0237. The van der Waals surface area contributed by atoms with Gasteiger partial charge in [0.05, 0.1) is 12.8 Å². The van der Waals surface area contributed by atoms with Crippen LogP contribution in [-0.2, 0) is 23.9 Å². The van der Waals surface area contributed by atoms with Crippen LogP contribution in [0.4, 0.5) is 0 Å². The Balaban J connectivity index is 1.22. The number of allylic oxidation sites excluding steroid dienone is 1. The number of esters is 1. The van der Waals surface area contributed by atoms with Crippen molar-refractivity contribution >= 4 is 23.8 Å². The van der Waals surface area contributed by atoms with E-state index in [2.05, 4.69) is 48.1 Å². The predicted molar refractivity (Wildman–Crippen MR) is 203 cm³/mol. The molecule has 0 aromatic rings. The number of carbonyl (C=O) groups excluding carboxylic acids is 3. The third kappa shape index (κ3) is 6.35. The van der Waals surface area contributed by atoms with Crippen LogP contribution in [0.3, 0.4) is 0 Å². The summed E-state index contributed by atoms with van der Waals surface area (Å²) in [4.78, 5) is 54.6. The molecule has 5 saturated carbocycles. The van der Waals surface area contributed by atoms with Crippen molar-refractivity contribution < 1.29 is 29.0 Å². The summed E-state index contributed by atoms with van der Waals surface area (Å²) in [7, 11) is 0. The van der Waals surface area contributed by atoms with Crippen LogP contribution in [0.1, 0.15) is 146 Å². The number of fused-ring (bicyclic) bond motifs is 7. The van der Waals surface area contributed by atoms with Crippen LogP contribution in [-0.4, -0.2) is 70.9 Å². The van der Waals surface area contributed by atoms with Crippen molar-refractivity contribution in [2.45, 2.75) is 152 Å². The molecule has 0 unspecified atom stereocenters. The highest BCUT2D eigenvalue weighted by molar-refractivity contribution is 5.78. The van der Waals surface area contributed by atoms with Crippen LogP contribution in [0.15, 0.2) is 12.2 Å². The van der Waals surface area contributed by atoms with Crippen LogP contribution in [0.5, 0.6) is 0 Å². The summed E-state index contributed by atoms with van der Waals surface area (Å²) in [6.45, 7) is 27.1. The first-order chi connectivity index (χ1) is 24.1. The van der Waals surface area contributed by atoms with Gasteiger partial charge < -0.3 is 19.6 Å². The van der Waals surface area contributed by atoms with Gasteiger partial charge in [-0.05, 0) is 128 Å². The number of hydrogen-bond donors (Lipinski definition) is 1. The molecular formula is C44H70N2O6. The van der Waals surface area contributed by atoms with E-state index in [1.54, 1.807) is 6.92 Å². The molecule has 292 valence electrons. The van der Waals surface area contributed by atoms with E-state index in [1.807, 2.05) is 23.6 Å². The number of ether oxygens (including phenoxy) is 1. The second kappa shape index (κ2) is 13.4. The molecule has 0 aromatic heterocycles. The Morgan fingerprint density at radius 3 is 2.04 bits per heavy atom. The quantitative estimate of drug-likeness (QED) is 0.199. The van der Waals surface area contributed by atoms with E-state index in [0.717, 1.165) is 38.5 Å². The zero-order valence-electron chi connectivity index (χ0n) is 34.1. The van der Waals surface area contributed by atoms with Gasteiger partial charge in [0.25, 0.3) is 0 Å². The molecule has 1 heterocycles. The van der Waals surface area contributed by atoms with Crippen LogP contribution in [0.2, 0.25) is 0 Å². The Hall–Kier alpha value is -2.38. The number of hydrogen-bond acceptors (Lipinski definition) is 5. The Morgan fingerprint density at radius 2 is 1.42 bits per heavy atom. The van der Waals surface area contributed by atoms with Crippen molar-refractivity contribution in [3.05, 3.63) is 12.2 Å². The lowest BCUT2D eigenvalue weighted by Crippen LogP contribution is -2.67. The largest absolute Gasteiger partial charge is 0.481 e. The SMILES string of the molecule is C=C(C)[C@@H]1CC[C@]2(CC(=O)N3CCN(C(C)=O)CC3)CC[C@]3(C)[C@H](CC[C@@H]4[C@@]5(C)CC[C@H](OC(=O)CC(C)(C)CC(=O)O)C(C)(C)[C@@H]5CC[C@]43C)[C@@H]12. The average molecular weight is 723 g/mol. The topological polar surface area (TPSA) is 104 Å². The van der Waals surface area contributed by atoms with Gasteiger partial charge in [-0.15, -0.1) is 0 Å². The first-order valence-electron chi connectivity index (χ1n) is 20.7. The first-order valence-corrected chi connectivity index (χ1v) is 20.7. The smallest absolute Gasteiger partial charge is 0.306 e. The highest BCUT2D eigenvalue weighted by atomic mass is 16.5. The van der Waals surface area contributed by atoms with Crippen LogP contribution >= 0.6 is 0 Å². The average Bonchev–Trinajstić information content (AvgIpc) is 3.41. The van der Waals surface area contributed by atoms with E-state index in [0.29, 0.717) is 62.2 Å². The number of piperazine rings is 1. The second-order valence-electron chi connectivity index (χ2n) is 20.9. The lowest BCUT2D eigenvalue weighted by atomic mass is 9.32. The van der Waals surface area contributed by atoms with E-state index >= 15 is 0 Å². The normalized spacial score (nSPS) is 41.2. The van der Waals surface area contributed by atoms with Gasteiger partial charge in [0, 0.05) is 44.9 Å². The third-order valence-corrected chi connectivity index (χ3v) is 17.3. The molecule has 52 heavy (non-hydrogen) atoms. The summed E-state index contributed by atoms with van der Waals surface area (Å²) in [5.41, 5.74) is 1.01. The lowest BCUT2D eigenvalue weighted by molar-refractivity contribution is -0.250. The van der Waals surface area contributed by atoms with Crippen molar-refractivity contribution in [3.8, 4) is 0 Å². The summed E-state index contributed by atoms with van der Waals surface area (Å²) in [5.74, 6) is 1.76. The molecule has 1 saturated heterocycles. The van der Waals surface area contributed by atoms with Crippen molar-refractivity contribution in [2.24, 2.45) is 62.1 Å². The maximum Gasteiger partial charge on any atom is 0.306 e. The summed E-state index contributed by atoms with van der Waals surface area (Å²) < 4.78 is 6.28. The Morgan fingerprint density at radius 1 is 0.769 bits per heavy atom. The molecule has 2 amide bonds. The van der Waals surface area contributed by atoms with Crippen molar-refractivity contribution in [1.82, 2.24) is 9.80 Å². The fraction of sp³-hybridized carbons (Fsp3) is 0.864. The maximum atomic E-state index is 14.1. The van der Waals surface area contributed by atoms with Gasteiger partial charge in [0.15, 0.2) is 0 Å². The third-order valence-electron chi connectivity index (χ3n) is 17.3. The molecule has 1 aliphatic heterocycles. The highest BCUT2D eigenvalue weighted by Crippen LogP contribution is 2.78. The summed E-state index contributed by atoms with van der Waals surface area (Å²) in [6, 6.07) is 0. The zero-order chi connectivity index (χ0) is 38.2. The molecule has 8 nitrogen and oxygen atoms in total. The minimum Gasteiger partial charge on any atom is -0.481 e. The molecule has 6 rings (SSSR count). The van der Waals surface area contributed by atoms with E-state index in [1.165, 1.54) is 31.3 Å². The monoisotopic (exact) mass is 723 g/mol. The van der Waals surface area contributed by atoms with Crippen LogP contribution < -0.4 is 0 Å².